The van der Waals surface area contributed by atoms with Gasteiger partial charge in [0.25, 0.3) is 5.91 Å². The second kappa shape index (κ2) is 9.42. The van der Waals surface area contributed by atoms with Gasteiger partial charge in [-0.15, -0.1) is 11.3 Å². The van der Waals surface area contributed by atoms with Gasteiger partial charge in [-0.1, -0.05) is 6.42 Å². The Balaban J connectivity index is 1.35. The second-order valence-corrected chi connectivity index (χ2v) is 9.19. The van der Waals surface area contributed by atoms with E-state index in [1.54, 1.807) is 11.3 Å². The molecule has 0 bridgehead atoms. The van der Waals surface area contributed by atoms with Gasteiger partial charge >= 0.3 is 0 Å². The molecular formula is C22H33N3O2S. The smallest absolute Gasteiger partial charge is 0.267 e. The maximum absolute atomic E-state index is 12.9. The molecule has 2 atom stereocenters. The highest BCUT2D eigenvalue weighted by Gasteiger charge is 2.22. The topological polar surface area (TPSA) is 46.5 Å². The zero-order valence-electron chi connectivity index (χ0n) is 17.0. The monoisotopic (exact) mass is 403 g/mol. The second-order valence-electron chi connectivity index (χ2n) is 8.30. The molecule has 0 aromatic carbocycles. The average Bonchev–Trinajstić information content (AvgIpc) is 3.30. The number of hydrogen-bond donors (Lipinski definition) is 1. The van der Waals surface area contributed by atoms with Crippen LogP contribution < -0.4 is 5.32 Å². The van der Waals surface area contributed by atoms with E-state index in [2.05, 4.69) is 33.2 Å². The van der Waals surface area contributed by atoms with Crippen LogP contribution in [0.4, 0.5) is 0 Å². The number of fused-ring (bicyclic) bond motifs is 1. The predicted octanol–water partition coefficient (Wildman–Crippen LogP) is 4.27. The Bertz CT molecular complexity index is 778. The molecule has 6 heteroatoms. The van der Waals surface area contributed by atoms with Gasteiger partial charge in [0.05, 0.1) is 12.6 Å². The van der Waals surface area contributed by atoms with Gasteiger partial charge in [0.2, 0.25) is 0 Å². The van der Waals surface area contributed by atoms with Crippen LogP contribution in [0.3, 0.4) is 0 Å². The van der Waals surface area contributed by atoms with Crippen molar-refractivity contribution in [3.63, 3.8) is 0 Å². The molecule has 2 aromatic heterocycles. The molecule has 0 radical (unpaired) electrons. The van der Waals surface area contributed by atoms with Crippen molar-refractivity contribution in [1.82, 2.24) is 14.8 Å². The number of hydrogen-bond acceptors (Lipinski definition) is 4. The van der Waals surface area contributed by atoms with Crippen LogP contribution in [0.2, 0.25) is 0 Å². The Kier molecular flexibility index (Phi) is 6.70. The van der Waals surface area contributed by atoms with Gasteiger partial charge < -0.3 is 19.5 Å². The minimum absolute atomic E-state index is 0.0471. The van der Waals surface area contributed by atoms with Crippen molar-refractivity contribution in [2.75, 3.05) is 26.2 Å². The van der Waals surface area contributed by atoms with Gasteiger partial charge in [0.15, 0.2) is 0 Å². The van der Waals surface area contributed by atoms with Crippen molar-refractivity contribution in [2.24, 2.45) is 0 Å². The lowest BCUT2D eigenvalue weighted by Crippen LogP contribution is -2.39. The molecular weight excluding hydrogens is 370 g/mol. The van der Waals surface area contributed by atoms with Gasteiger partial charge in [0, 0.05) is 31.1 Å². The van der Waals surface area contributed by atoms with Crippen LogP contribution in [0.5, 0.6) is 0 Å². The minimum atomic E-state index is 0.0471. The van der Waals surface area contributed by atoms with Crippen LogP contribution in [0, 0.1) is 0 Å². The summed E-state index contributed by atoms with van der Waals surface area (Å²) in [6, 6.07) is 4.83. The first-order valence-corrected chi connectivity index (χ1v) is 11.8. The van der Waals surface area contributed by atoms with Gasteiger partial charge in [-0.25, -0.2) is 0 Å². The van der Waals surface area contributed by atoms with Crippen molar-refractivity contribution in [1.29, 1.82) is 0 Å². The number of nitrogens with zero attached hydrogens (tertiary/aromatic N) is 2. The molecule has 2 saturated heterocycles. The van der Waals surface area contributed by atoms with Crippen LogP contribution in [0.15, 0.2) is 17.5 Å². The van der Waals surface area contributed by atoms with E-state index in [1.165, 1.54) is 37.1 Å². The third-order valence-corrected chi connectivity index (χ3v) is 7.19. The highest BCUT2D eigenvalue weighted by molar-refractivity contribution is 7.16. The van der Waals surface area contributed by atoms with E-state index in [-0.39, 0.29) is 12.0 Å². The maximum Gasteiger partial charge on any atom is 0.267 e. The third kappa shape index (κ3) is 4.61. The minimum Gasteiger partial charge on any atom is -0.376 e. The van der Waals surface area contributed by atoms with Crippen molar-refractivity contribution in [2.45, 2.75) is 70.6 Å². The molecule has 154 valence electrons. The number of nitrogens with one attached hydrogen (secondary N) is 1. The summed E-state index contributed by atoms with van der Waals surface area (Å²) in [4.78, 5) is 16.7. The van der Waals surface area contributed by atoms with Crippen molar-refractivity contribution >= 4 is 27.5 Å². The number of amides is 1. The summed E-state index contributed by atoms with van der Waals surface area (Å²) >= 11 is 1.71. The van der Waals surface area contributed by atoms with E-state index in [0.717, 1.165) is 56.6 Å². The Morgan fingerprint density at radius 2 is 2.18 bits per heavy atom. The molecule has 2 fully saturated rings. The number of rotatable bonds is 7. The van der Waals surface area contributed by atoms with Gasteiger partial charge in [-0.05, 0) is 69.5 Å². The first-order valence-electron chi connectivity index (χ1n) is 10.9. The first kappa shape index (κ1) is 19.9. The molecule has 2 aromatic rings. The normalized spacial score (nSPS) is 23.9. The lowest BCUT2D eigenvalue weighted by atomic mass is 10.0. The predicted molar refractivity (Wildman–Crippen MR) is 115 cm³/mol. The van der Waals surface area contributed by atoms with E-state index in [1.807, 2.05) is 6.07 Å². The molecule has 28 heavy (non-hydrogen) atoms. The molecule has 4 rings (SSSR count). The van der Waals surface area contributed by atoms with Crippen LogP contribution in [0.25, 0.3) is 10.2 Å². The van der Waals surface area contributed by atoms with E-state index in [4.69, 9.17) is 4.74 Å². The number of thiophene rings is 1. The number of aromatic nitrogens is 1. The van der Waals surface area contributed by atoms with E-state index < -0.39 is 0 Å². The summed E-state index contributed by atoms with van der Waals surface area (Å²) < 4.78 is 8.11. The van der Waals surface area contributed by atoms with Crippen molar-refractivity contribution in [3.8, 4) is 0 Å². The summed E-state index contributed by atoms with van der Waals surface area (Å²) in [6.07, 6.45) is 8.66. The molecule has 0 saturated carbocycles. The van der Waals surface area contributed by atoms with E-state index in [9.17, 15) is 4.79 Å². The number of carbonyl (C=O) groups is 1. The fraction of sp³-hybridized carbons (Fsp3) is 0.682. The summed E-state index contributed by atoms with van der Waals surface area (Å²) in [5, 5.41) is 6.42. The number of piperidine rings is 1. The number of likely N-dealkylation sites (tertiary alicyclic amines) is 1. The molecule has 4 heterocycles. The highest BCUT2D eigenvalue weighted by atomic mass is 32.1. The Hall–Kier alpha value is -1.37. The SMILES string of the molecule is CC1CCCCN1CCCNC(=O)c1cc2ccsc2n1CC1CCCCO1. The number of carbonyl (C=O) groups excluding carboxylic acids is 1. The lowest BCUT2D eigenvalue weighted by molar-refractivity contribution is 0.00644. The number of ether oxygens (including phenoxy) is 1. The van der Waals surface area contributed by atoms with Gasteiger partial charge in [-0.3, -0.25) is 4.79 Å². The molecule has 1 amide bonds. The first-order chi connectivity index (χ1) is 13.7. The van der Waals surface area contributed by atoms with Crippen LogP contribution >= 0.6 is 11.3 Å². The van der Waals surface area contributed by atoms with E-state index >= 15 is 0 Å². The van der Waals surface area contributed by atoms with Gasteiger partial charge in [0.1, 0.15) is 10.5 Å². The van der Waals surface area contributed by atoms with Crippen molar-refractivity contribution in [3.05, 3.63) is 23.2 Å². The quantitative estimate of drug-likeness (QED) is 0.703. The Labute approximate surface area is 172 Å². The molecule has 5 nitrogen and oxygen atoms in total. The Morgan fingerprint density at radius 3 is 3.00 bits per heavy atom. The zero-order valence-corrected chi connectivity index (χ0v) is 17.8. The molecule has 2 aliphatic rings. The summed E-state index contributed by atoms with van der Waals surface area (Å²) in [5.41, 5.74) is 0.780. The molecule has 2 aliphatic heterocycles. The van der Waals surface area contributed by atoms with Crippen LogP contribution in [-0.2, 0) is 11.3 Å². The highest BCUT2D eigenvalue weighted by Crippen LogP contribution is 2.27. The average molecular weight is 404 g/mol. The fourth-order valence-corrected chi connectivity index (χ4v) is 5.47. The molecule has 1 N–H and O–H groups in total. The molecule has 2 unspecified atom stereocenters. The van der Waals surface area contributed by atoms with Crippen LogP contribution in [-0.4, -0.2) is 53.8 Å². The largest absolute Gasteiger partial charge is 0.376 e. The lowest BCUT2D eigenvalue weighted by Gasteiger charge is -2.33. The summed E-state index contributed by atoms with van der Waals surface area (Å²) in [5.74, 6) is 0.0471. The Morgan fingerprint density at radius 1 is 1.29 bits per heavy atom. The summed E-state index contributed by atoms with van der Waals surface area (Å²) in [7, 11) is 0. The van der Waals surface area contributed by atoms with E-state index in [0.29, 0.717) is 6.04 Å². The summed E-state index contributed by atoms with van der Waals surface area (Å²) in [6.45, 7) is 6.96. The van der Waals surface area contributed by atoms with Gasteiger partial charge in [-0.2, -0.15) is 0 Å². The maximum atomic E-state index is 12.9. The molecule has 0 aliphatic carbocycles. The van der Waals surface area contributed by atoms with Crippen LogP contribution in [0.1, 0.15) is 62.4 Å². The fourth-order valence-electron chi connectivity index (χ4n) is 4.56. The zero-order chi connectivity index (χ0) is 19.3. The standard InChI is InChI=1S/C22H33N3O2S/c1-17-7-2-4-11-24(17)12-6-10-23-21(26)20-15-18-9-14-28-22(18)25(20)16-19-8-3-5-13-27-19/h9,14-15,17,19H,2-8,10-13,16H2,1H3,(H,23,26). The molecule has 0 spiro atoms. The third-order valence-electron chi connectivity index (χ3n) is 6.24. The van der Waals surface area contributed by atoms with Crippen molar-refractivity contribution < 1.29 is 9.53 Å².